The number of aliphatic carboxylic acids is 1. The first-order chi connectivity index (χ1) is 7.38. The first-order valence-corrected chi connectivity index (χ1v) is 4.71. The lowest BCUT2D eigenvalue weighted by Crippen LogP contribution is -2.64. The van der Waals surface area contributed by atoms with Crippen molar-refractivity contribution < 1.29 is 27.9 Å². The number of carboxylic acids is 1. The summed E-state index contributed by atoms with van der Waals surface area (Å²) >= 11 is 0. The van der Waals surface area contributed by atoms with Crippen molar-refractivity contribution in [2.75, 3.05) is 6.54 Å². The number of halogens is 3. The highest BCUT2D eigenvalue weighted by Gasteiger charge is 2.59. The van der Waals surface area contributed by atoms with Gasteiger partial charge in [0.25, 0.3) is 0 Å². The van der Waals surface area contributed by atoms with Crippen LogP contribution in [0.1, 0.15) is 20.8 Å². The molecule has 0 fully saturated rings. The molecular formula is C9H15F3N2O3. The third kappa shape index (κ3) is 3.09. The monoisotopic (exact) mass is 256 g/mol. The first-order valence-electron chi connectivity index (χ1n) is 4.71. The zero-order chi connectivity index (χ0) is 14.1. The highest BCUT2D eigenvalue weighted by molar-refractivity contribution is 5.90. The number of amides is 1. The van der Waals surface area contributed by atoms with Gasteiger partial charge in [0, 0.05) is 6.54 Å². The number of nitrogens with two attached hydrogens (primary N) is 1. The van der Waals surface area contributed by atoms with Crippen LogP contribution in [0.15, 0.2) is 0 Å². The molecule has 0 aromatic heterocycles. The van der Waals surface area contributed by atoms with E-state index < -0.39 is 29.0 Å². The van der Waals surface area contributed by atoms with Crippen LogP contribution in [-0.4, -0.2) is 35.2 Å². The van der Waals surface area contributed by atoms with Crippen molar-refractivity contribution in [3.05, 3.63) is 0 Å². The van der Waals surface area contributed by atoms with Gasteiger partial charge in [0.15, 0.2) is 0 Å². The molecular weight excluding hydrogens is 241 g/mol. The van der Waals surface area contributed by atoms with E-state index in [9.17, 15) is 22.8 Å². The molecule has 0 radical (unpaired) electrons. The van der Waals surface area contributed by atoms with Crippen LogP contribution in [0.4, 0.5) is 13.2 Å². The van der Waals surface area contributed by atoms with E-state index in [2.05, 4.69) is 0 Å². The van der Waals surface area contributed by atoms with Crippen LogP contribution >= 0.6 is 0 Å². The number of hydrogen-bond donors (Lipinski definition) is 3. The fourth-order valence-corrected chi connectivity index (χ4v) is 0.735. The Kier molecular flexibility index (Phi) is 4.17. The van der Waals surface area contributed by atoms with Gasteiger partial charge in [-0.2, -0.15) is 13.2 Å². The van der Waals surface area contributed by atoms with Gasteiger partial charge in [-0.05, 0) is 20.8 Å². The number of carboxylic acid groups (broad SMARTS) is 1. The number of carbonyl (C=O) groups excluding carboxylic acids is 1. The molecule has 0 aromatic rings. The van der Waals surface area contributed by atoms with Gasteiger partial charge < -0.3 is 16.2 Å². The minimum Gasteiger partial charge on any atom is -0.479 e. The van der Waals surface area contributed by atoms with Crippen LogP contribution in [0.3, 0.4) is 0 Å². The Labute approximate surface area is 96.2 Å². The van der Waals surface area contributed by atoms with E-state index in [1.54, 1.807) is 0 Å². The number of carbonyl (C=O) groups is 2. The topological polar surface area (TPSA) is 92.4 Å². The lowest BCUT2D eigenvalue weighted by atomic mass is 9.90. The van der Waals surface area contributed by atoms with Crippen LogP contribution in [0.2, 0.25) is 0 Å². The molecule has 0 aliphatic carbocycles. The summed E-state index contributed by atoms with van der Waals surface area (Å²) < 4.78 is 37.7. The van der Waals surface area contributed by atoms with Crippen LogP contribution < -0.4 is 11.1 Å². The Morgan fingerprint density at radius 3 is 1.88 bits per heavy atom. The van der Waals surface area contributed by atoms with Crippen LogP contribution in [0.25, 0.3) is 0 Å². The lowest BCUT2D eigenvalue weighted by Gasteiger charge is -2.32. The number of nitrogens with one attached hydrogen (secondary N) is 1. The number of alkyl halides is 3. The average Bonchev–Trinajstić information content (AvgIpc) is 2.15. The van der Waals surface area contributed by atoms with Crippen LogP contribution in [0.5, 0.6) is 0 Å². The van der Waals surface area contributed by atoms with Gasteiger partial charge in [-0.15, -0.1) is 0 Å². The fourth-order valence-electron chi connectivity index (χ4n) is 0.735. The Bertz CT molecular complexity index is 328. The summed E-state index contributed by atoms with van der Waals surface area (Å²) in [5.74, 6) is -3.24. The van der Waals surface area contributed by atoms with Crippen molar-refractivity contribution >= 4 is 11.9 Å². The van der Waals surface area contributed by atoms with Crippen molar-refractivity contribution in [1.82, 2.24) is 5.32 Å². The van der Waals surface area contributed by atoms with Gasteiger partial charge in [0.1, 0.15) is 0 Å². The van der Waals surface area contributed by atoms with Crippen molar-refractivity contribution in [3.63, 3.8) is 0 Å². The van der Waals surface area contributed by atoms with Gasteiger partial charge in [0.2, 0.25) is 11.4 Å². The summed E-state index contributed by atoms with van der Waals surface area (Å²) in [5.41, 5.74) is 0.623. The maximum Gasteiger partial charge on any atom is 0.422 e. The fraction of sp³-hybridized carbons (Fsp3) is 0.778. The van der Waals surface area contributed by atoms with E-state index in [4.69, 9.17) is 10.8 Å². The molecule has 17 heavy (non-hydrogen) atoms. The summed E-state index contributed by atoms with van der Waals surface area (Å²) in [6, 6.07) is 0. The van der Waals surface area contributed by atoms with Crippen molar-refractivity contribution in [2.24, 2.45) is 11.1 Å². The van der Waals surface area contributed by atoms with Crippen LogP contribution in [0, 0.1) is 5.41 Å². The van der Waals surface area contributed by atoms with E-state index in [-0.39, 0.29) is 6.54 Å². The molecule has 0 aromatic carbocycles. The third-order valence-corrected chi connectivity index (χ3v) is 2.48. The summed E-state index contributed by atoms with van der Waals surface area (Å²) in [7, 11) is 0. The Morgan fingerprint density at radius 1 is 1.24 bits per heavy atom. The molecule has 0 aliphatic heterocycles. The average molecular weight is 256 g/mol. The molecule has 8 heteroatoms. The minimum absolute atomic E-state index is 0.202. The SMILES string of the molecule is CC(C)(CN)C(=O)NC(C)(C(=O)O)C(F)(F)F. The summed E-state index contributed by atoms with van der Waals surface area (Å²) in [5, 5.41) is 10.1. The smallest absolute Gasteiger partial charge is 0.422 e. The molecule has 0 spiro atoms. The lowest BCUT2D eigenvalue weighted by molar-refractivity contribution is -0.207. The van der Waals surface area contributed by atoms with Crippen LogP contribution in [-0.2, 0) is 9.59 Å². The quantitative estimate of drug-likeness (QED) is 0.682. The molecule has 0 saturated heterocycles. The highest BCUT2D eigenvalue weighted by Crippen LogP contribution is 2.31. The molecule has 1 atom stereocenters. The molecule has 100 valence electrons. The van der Waals surface area contributed by atoms with Crippen molar-refractivity contribution in [2.45, 2.75) is 32.5 Å². The molecule has 0 rings (SSSR count). The Hall–Kier alpha value is -1.31. The summed E-state index contributed by atoms with van der Waals surface area (Å²) in [6.45, 7) is 2.83. The predicted octanol–water partition coefficient (Wildman–Crippen LogP) is 0.493. The standard InChI is InChI=1S/C9H15F3N2O3/c1-7(2,4-13)5(15)14-8(3,6(16)17)9(10,11)12/h4,13H2,1-3H3,(H,14,15)(H,16,17). The Morgan fingerprint density at radius 2 is 1.65 bits per heavy atom. The zero-order valence-corrected chi connectivity index (χ0v) is 9.68. The molecule has 0 saturated carbocycles. The number of hydrogen-bond acceptors (Lipinski definition) is 3. The third-order valence-electron chi connectivity index (χ3n) is 2.48. The molecule has 5 nitrogen and oxygen atoms in total. The summed E-state index contributed by atoms with van der Waals surface area (Å²) in [6.07, 6.45) is -5.10. The minimum atomic E-state index is -5.10. The van der Waals surface area contributed by atoms with Gasteiger partial charge in [0.05, 0.1) is 5.41 Å². The predicted molar refractivity (Wildman–Crippen MR) is 53.1 cm³/mol. The first kappa shape index (κ1) is 15.7. The van der Waals surface area contributed by atoms with Gasteiger partial charge >= 0.3 is 12.1 Å². The molecule has 4 N–H and O–H groups in total. The molecule has 0 aliphatic rings. The number of rotatable bonds is 4. The molecule has 1 amide bonds. The van der Waals surface area contributed by atoms with Crippen molar-refractivity contribution in [3.8, 4) is 0 Å². The van der Waals surface area contributed by atoms with Gasteiger partial charge in [-0.3, -0.25) is 4.79 Å². The molecule has 0 bridgehead atoms. The zero-order valence-electron chi connectivity index (χ0n) is 9.68. The maximum absolute atomic E-state index is 12.6. The van der Waals surface area contributed by atoms with E-state index in [1.165, 1.54) is 19.2 Å². The molecule has 0 heterocycles. The summed E-state index contributed by atoms with van der Waals surface area (Å²) in [4.78, 5) is 22.2. The highest BCUT2D eigenvalue weighted by atomic mass is 19.4. The second-order valence-corrected chi connectivity index (χ2v) is 4.47. The molecule has 1 unspecified atom stereocenters. The van der Waals surface area contributed by atoms with E-state index >= 15 is 0 Å². The van der Waals surface area contributed by atoms with Gasteiger partial charge in [-0.25, -0.2) is 4.79 Å². The van der Waals surface area contributed by atoms with Crippen molar-refractivity contribution in [1.29, 1.82) is 0 Å². The normalized spacial score (nSPS) is 16.2. The van der Waals surface area contributed by atoms with E-state index in [1.807, 2.05) is 0 Å². The van der Waals surface area contributed by atoms with E-state index in [0.717, 1.165) is 0 Å². The maximum atomic E-state index is 12.6. The second kappa shape index (κ2) is 4.52. The van der Waals surface area contributed by atoms with Gasteiger partial charge in [-0.1, -0.05) is 0 Å². The van der Waals surface area contributed by atoms with E-state index in [0.29, 0.717) is 6.92 Å². The second-order valence-electron chi connectivity index (χ2n) is 4.47. The largest absolute Gasteiger partial charge is 0.479 e. The Balaban J connectivity index is 5.19.